The van der Waals surface area contributed by atoms with Gasteiger partial charge in [-0.15, -0.1) is 0 Å². The zero-order valence-electron chi connectivity index (χ0n) is 45.5. The van der Waals surface area contributed by atoms with Gasteiger partial charge in [0.1, 0.15) is 12.2 Å². The van der Waals surface area contributed by atoms with Crippen molar-refractivity contribution in [1.29, 1.82) is 0 Å². The number of hydrogen-bond acceptors (Lipinski definition) is 12. The molecule has 13 aliphatic rings. The van der Waals surface area contributed by atoms with E-state index in [0.29, 0.717) is 43.6 Å². The Kier molecular flexibility index (Phi) is 13.3. The first-order valence-electron chi connectivity index (χ1n) is 27.8. The second-order valence-corrected chi connectivity index (χ2v) is 29.1. The number of rotatable bonds is 9. The van der Waals surface area contributed by atoms with Crippen LogP contribution >= 0.6 is 0 Å². The summed E-state index contributed by atoms with van der Waals surface area (Å²) < 4.78 is 62.7. The average molecular weight is 1030 g/mol. The Morgan fingerprint density at radius 1 is 0.861 bits per heavy atom. The summed E-state index contributed by atoms with van der Waals surface area (Å²) in [5.41, 5.74) is 4.02. The summed E-state index contributed by atoms with van der Waals surface area (Å²) in [7, 11) is -5.08. The van der Waals surface area contributed by atoms with Crippen LogP contribution in [0.4, 0.5) is 0 Å². The van der Waals surface area contributed by atoms with Crippen LogP contribution in [0.5, 0.6) is 0 Å². The first kappa shape index (κ1) is 54.8. The fourth-order valence-electron chi connectivity index (χ4n) is 20.4. The standard InChI is InChI=1S/C58H88O12S.Na/c1-31(37-14-16-39-35-13-19-46-50(4,5)57(62)47(59)27-55(46,29-67-57)41(35)20-22-53(37,39)10)12-18-43-32(2)24-34(52(8,9)61)25-44(69-43)33(3)38-15-17-40-36-26-45(70-71(64,65)66)49-51(6,7)58(63)48(60)28-56(49,30-68-58)42(36)21-23-54(38,40)11;/h19,31,33-34,37-40,43-45,47-49,59-63H,2,12-18,20-30H2,1,3-11H3,(H,64,65,66);/q;+1/p-1/t31-,33+,34-,37-,38-,39+,40+,43+,44-,45+,47+,48+,49?,53-,54-,55+,56+,57-,58-;/m1./s1. The van der Waals surface area contributed by atoms with E-state index in [4.69, 9.17) is 25.0 Å². The van der Waals surface area contributed by atoms with Crippen LogP contribution in [0, 0.1) is 79.8 Å². The van der Waals surface area contributed by atoms with Crippen LogP contribution in [0.3, 0.4) is 0 Å². The van der Waals surface area contributed by atoms with Gasteiger partial charge in [-0.3, -0.25) is 4.18 Å². The predicted molar refractivity (Wildman–Crippen MR) is 266 cm³/mol. The summed E-state index contributed by atoms with van der Waals surface area (Å²) in [4.78, 5) is 0. The molecule has 4 saturated carbocycles. The van der Waals surface area contributed by atoms with Crippen LogP contribution in [0.25, 0.3) is 0 Å². The third kappa shape index (κ3) is 7.50. The summed E-state index contributed by atoms with van der Waals surface area (Å²) in [6.07, 6.45) is 12.4. The van der Waals surface area contributed by atoms with Crippen molar-refractivity contribution < 1.29 is 86.5 Å². The van der Waals surface area contributed by atoms with Gasteiger partial charge in [0.2, 0.25) is 16.2 Å². The van der Waals surface area contributed by atoms with Gasteiger partial charge in [-0.25, -0.2) is 8.42 Å². The van der Waals surface area contributed by atoms with Gasteiger partial charge >= 0.3 is 29.6 Å². The largest absolute Gasteiger partial charge is 1.00 e. The van der Waals surface area contributed by atoms with Crippen molar-refractivity contribution in [1.82, 2.24) is 0 Å². The summed E-state index contributed by atoms with van der Waals surface area (Å²) in [6.45, 7) is 26.6. The van der Waals surface area contributed by atoms with Crippen LogP contribution in [0.2, 0.25) is 0 Å². The van der Waals surface area contributed by atoms with Gasteiger partial charge in [0.15, 0.2) is 5.79 Å². The third-order valence-electron chi connectivity index (χ3n) is 24.1. The van der Waals surface area contributed by atoms with Crippen LogP contribution in [-0.4, -0.2) is 99.4 Å². The Morgan fingerprint density at radius 3 is 2.11 bits per heavy atom. The average Bonchev–Trinajstić information content (AvgIpc) is 3.75. The van der Waals surface area contributed by atoms with Gasteiger partial charge in [-0.2, -0.15) is 0 Å². The molecule has 14 heteroatoms. The molecule has 5 aliphatic heterocycles. The minimum absolute atomic E-state index is 0. The Labute approximate surface area is 452 Å². The maximum absolute atomic E-state index is 12.4. The molecule has 4 bridgehead atoms. The van der Waals surface area contributed by atoms with Gasteiger partial charge < -0.3 is 44.3 Å². The first-order chi connectivity index (χ1) is 32.9. The molecule has 72 heavy (non-hydrogen) atoms. The minimum Gasteiger partial charge on any atom is -0.726 e. The second kappa shape index (κ2) is 17.5. The third-order valence-corrected chi connectivity index (χ3v) is 24.6. The van der Waals surface area contributed by atoms with E-state index in [1.165, 1.54) is 29.6 Å². The number of ether oxygens (including phenoxy) is 3. The monoisotopic (exact) mass is 1030 g/mol. The van der Waals surface area contributed by atoms with Crippen molar-refractivity contribution in [3.8, 4) is 0 Å². The topological polar surface area (TPSA) is 195 Å². The van der Waals surface area contributed by atoms with Crippen LogP contribution in [0.1, 0.15) is 172 Å². The van der Waals surface area contributed by atoms with Crippen molar-refractivity contribution in [2.45, 2.75) is 220 Å². The molecular formula is C58H87NaO12S. The molecule has 0 amide bonds. The molecule has 0 aromatic rings. The quantitative estimate of drug-likeness (QED) is 0.0788. The number of aliphatic hydroxyl groups excluding tert-OH is 2. The van der Waals surface area contributed by atoms with E-state index in [9.17, 15) is 38.5 Å². The van der Waals surface area contributed by atoms with E-state index in [1.807, 2.05) is 27.7 Å². The zero-order valence-corrected chi connectivity index (χ0v) is 48.3. The molecule has 5 N–H and O–H groups in total. The van der Waals surface area contributed by atoms with E-state index in [1.54, 1.807) is 19.4 Å². The molecule has 12 nitrogen and oxygen atoms in total. The van der Waals surface area contributed by atoms with Crippen molar-refractivity contribution in [2.24, 2.45) is 79.8 Å². The van der Waals surface area contributed by atoms with Crippen LogP contribution in [-0.2, 0) is 28.8 Å². The second-order valence-electron chi connectivity index (χ2n) is 28.1. The molecule has 9 fully saturated rings. The Hall–Kier alpha value is -0.490. The van der Waals surface area contributed by atoms with Gasteiger partial charge in [-0.1, -0.05) is 95.9 Å². The van der Waals surface area contributed by atoms with Crippen molar-refractivity contribution in [2.75, 3.05) is 13.2 Å². The van der Waals surface area contributed by atoms with Crippen molar-refractivity contribution in [3.63, 3.8) is 0 Å². The molecule has 19 atom stereocenters. The Bertz CT molecular complexity index is 2440. The van der Waals surface area contributed by atoms with Gasteiger partial charge in [-0.05, 0) is 174 Å². The van der Waals surface area contributed by atoms with Crippen LogP contribution < -0.4 is 29.6 Å². The molecule has 5 heterocycles. The molecule has 2 spiro atoms. The van der Waals surface area contributed by atoms with E-state index in [0.717, 1.165) is 75.4 Å². The van der Waals surface area contributed by atoms with Gasteiger partial charge in [0.05, 0.1) is 37.1 Å². The maximum atomic E-state index is 12.4. The maximum Gasteiger partial charge on any atom is 1.00 e. The fourth-order valence-corrected chi connectivity index (χ4v) is 20.9. The number of allylic oxidation sites excluding steroid dienone is 2. The van der Waals surface area contributed by atoms with E-state index < -0.39 is 68.0 Å². The van der Waals surface area contributed by atoms with Crippen LogP contribution in [0.15, 0.2) is 46.1 Å². The molecule has 13 rings (SSSR count). The minimum atomic E-state index is -5.08. The summed E-state index contributed by atoms with van der Waals surface area (Å²) in [6, 6.07) is 0. The molecule has 1 unspecified atom stereocenters. The first-order valence-corrected chi connectivity index (χ1v) is 29.2. The molecule has 8 aliphatic carbocycles. The number of aliphatic hydroxyl groups is 5. The normalized spacial score (nSPS) is 48.8. The Balaban J connectivity index is 0.00000596. The summed E-state index contributed by atoms with van der Waals surface area (Å²) >= 11 is 0. The zero-order chi connectivity index (χ0) is 51.2. The number of hydrogen-bond donors (Lipinski definition) is 5. The molecule has 0 aromatic carbocycles. The molecule has 5 saturated heterocycles. The smallest absolute Gasteiger partial charge is 0.726 e. The summed E-state index contributed by atoms with van der Waals surface area (Å²) in [5, 5.41) is 57.8. The molecule has 398 valence electrons. The van der Waals surface area contributed by atoms with E-state index >= 15 is 0 Å². The molecule has 0 radical (unpaired) electrons. The number of fused-ring (bicyclic) bond motifs is 8. The molecular weight excluding hydrogens is 944 g/mol. The summed E-state index contributed by atoms with van der Waals surface area (Å²) in [5.74, 6) is -1.93. The van der Waals surface area contributed by atoms with Gasteiger partial charge in [0.25, 0.3) is 0 Å². The van der Waals surface area contributed by atoms with Gasteiger partial charge in [0, 0.05) is 27.6 Å². The Morgan fingerprint density at radius 2 is 1.47 bits per heavy atom. The van der Waals surface area contributed by atoms with E-state index in [2.05, 4.69) is 33.8 Å². The van der Waals surface area contributed by atoms with Crippen molar-refractivity contribution in [3.05, 3.63) is 46.1 Å². The predicted octanol–water partition coefficient (Wildman–Crippen LogP) is 5.97. The van der Waals surface area contributed by atoms with E-state index in [-0.39, 0.29) is 94.7 Å². The SMILES string of the molecule is C=C1C[C@@H](C(C)(C)O)C[C@H]([C@@H](C)[C@H]2CC[C@H]3C4=C(CC[C@]23C)[C@@]23CO[C@](O)([C@@H](O)C2)C(C)(C)C3[C@@H](OS(=O)(=O)[O-])C4)O[C@H]1CC[C@@H](C)[C@H]1CC[C@H]2C3=C(CC[C@]12C)[C@@]12CO[C@](O)([C@@H](O)C1)C(C)(C)C2=CC3.[Na+]. The molecule has 0 aromatic heterocycles. The van der Waals surface area contributed by atoms with Crippen molar-refractivity contribution >= 4 is 10.4 Å². The fraction of sp³-hybridized carbons (Fsp3) is 0.862.